The fourth-order valence-electron chi connectivity index (χ4n) is 5.40. The van der Waals surface area contributed by atoms with Gasteiger partial charge < -0.3 is 0 Å². The van der Waals surface area contributed by atoms with E-state index in [1.165, 1.54) is 33.5 Å². The lowest BCUT2D eigenvalue weighted by molar-refractivity contribution is 0.0889. The number of nitrogens with zero attached hydrogens (tertiary/aromatic N) is 3. The molecule has 0 radical (unpaired) electrons. The Kier molecular flexibility index (Phi) is 3.37. The number of fused-ring (bicyclic) bond motifs is 3. The van der Waals surface area contributed by atoms with Gasteiger partial charge in [0.1, 0.15) is 6.17 Å². The zero-order chi connectivity index (χ0) is 18.9. The third kappa shape index (κ3) is 1.85. The molecule has 3 nitrogen and oxygen atoms in total. The SMILES string of the molecule is C=C1c2cccc3c2N2C(=NN(C(C)C)C2C1(CC)CC)c1ccccc1-3. The molecule has 0 aliphatic carbocycles. The Morgan fingerprint density at radius 3 is 2.26 bits per heavy atom. The van der Waals surface area contributed by atoms with Gasteiger partial charge in [0.15, 0.2) is 5.84 Å². The molecule has 5 rings (SSSR count). The van der Waals surface area contributed by atoms with Crippen LogP contribution in [-0.2, 0) is 0 Å². The topological polar surface area (TPSA) is 18.8 Å². The molecule has 1 atom stereocenters. The molecule has 3 heterocycles. The van der Waals surface area contributed by atoms with Gasteiger partial charge in [-0.2, -0.15) is 5.10 Å². The van der Waals surface area contributed by atoms with Crippen LogP contribution in [0.3, 0.4) is 0 Å². The Bertz CT molecular complexity index is 981. The van der Waals surface area contributed by atoms with E-state index in [0.29, 0.717) is 6.04 Å². The van der Waals surface area contributed by atoms with Crippen molar-refractivity contribution in [3.05, 3.63) is 60.2 Å². The Morgan fingerprint density at radius 2 is 1.59 bits per heavy atom. The van der Waals surface area contributed by atoms with Crippen molar-refractivity contribution in [3.63, 3.8) is 0 Å². The summed E-state index contributed by atoms with van der Waals surface area (Å²) in [6.07, 6.45) is 2.30. The summed E-state index contributed by atoms with van der Waals surface area (Å²) in [6.45, 7) is 13.7. The molecular formula is C24H27N3. The first-order valence-electron chi connectivity index (χ1n) is 10.1. The molecule has 2 aromatic rings. The minimum Gasteiger partial charge on any atom is -0.300 e. The molecule has 0 saturated carbocycles. The first-order valence-corrected chi connectivity index (χ1v) is 10.1. The van der Waals surface area contributed by atoms with E-state index < -0.39 is 0 Å². The zero-order valence-electron chi connectivity index (χ0n) is 16.7. The standard InChI is InChI=1S/C24H27N3/c1-6-24(7-2)16(5)17-13-10-14-19-18-11-8-9-12-20(18)22-25-27(15(3)4)23(24)26(22)21(17)19/h8-15,23H,5-7H2,1-4H3. The second-order valence-corrected chi connectivity index (χ2v) is 8.23. The smallest absolute Gasteiger partial charge is 0.162 e. The summed E-state index contributed by atoms with van der Waals surface area (Å²) in [6, 6.07) is 15.7. The van der Waals surface area contributed by atoms with Crippen molar-refractivity contribution < 1.29 is 0 Å². The third-order valence-electron chi connectivity index (χ3n) is 6.88. The summed E-state index contributed by atoms with van der Waals surface area (Å²) < 4.78 is 0. The maximum Gasteiger partial charge on any atom is 0.162 e. The molecule has 3 aliphatic heterocycles. The number of anilines is 1. The summed E-state index contributed by atoms with van der Waals surface area (Å²) in [5, 5.41) is 7.52. The average molecular weight is 358 g/mol. The van der Waals surface area contributed by atoms with Crippen LogP contribution in [-0.4, -0.2) is 23.1 Å². The number of hydrogen-bond donors (Lipinski definition) is 0. The molecule has 0 aromatic heterocycles. The van der Waals surface area contributed by atoms with Crippen molar-refractivity contribution in [2.45, 2.75) is 52.7 Å². The van der Waals surface area contributed by atoms with Crippen molar-refractivity contribution >= 4 is 17.1 Å². The molecule has 138 valence electrons. The van der Waals surface area contributed by atoms with Gasteiger partial charge in [-0.05, 0) is 37.8 Å². The highest BCUT2D eigenvalue weighted by atomic mass is 15.6. The molecule has 27 heavy (non-hydrogen) atoms. The van der Waals surface area contributed by atoms with Gasteiger partial charge in [0.25, 0.3) is 0 Å². The Labute approximate surface area is 162 Å². The first-order chi connectivity index (χ1) is 13.0. The fraction of sp³-hybridized carbons (Fsp3) is 0.375. The van der Waals surface area contributed by atoms with Crippen molar-refractivity contribution in [1.29, 1.82) is 0 Å². The van der Waals surface area contributed by atoms with Crippen LogP contribution in [0.5, 0.6) is 0 Å². The number of benzene rings is 2. The van der Waals surface area contributed by atoms with E-state index in [2.05, 4.69) is 86.6 Å². The lowest BCUT2D eigenvalue weighted by Crippen LogP contribution is -2.58. The van der Waals surface area contributed by atoms with E-state index in [1.807, 2.05) is 0 Å². The number of hydrazone groups is 1. The predicted molar refractivity (Wildman–Crippen MR) is 114 cm³/mol. The quantitative estimate of drug-likeness (QED) is 0.700. The minimum atomic E-state index is -0.00652. The van der Waals surface area contributed by atoms with Crippen LogP contribution in [0.25, 0.3) is 16.7 Å². The molecule has 3 aliphatic rings. The molecule has 0 fully saturated rings. The molecule has 0 N–H and O–H groups in total. The number of amidine groups is 1. The van der Waals surface area contributed by atoms with Crippen molar-refractivity contribution in [3.8, 4) is 11.1 Å². The molecule has 0 amide bonds. The van der Waals surface area contributed by atoms with Crippen LogP contribution < -0.4 is 4.90 Å². The van der Waals surface area contributed by atoms with Crippen LogP contribution >= 0.6 is 0 Å². The average Bonchev–Trinajstić information content (AvgIpc) is 3.11. The number of rotatable bonds is 3. The van der Waals surface area contributed by atoms with Crippen LogP contribution in [0.15, 0.2) is 54.1 Å². The summed E-state index contributed by atoms with van der Waals surface area (Å²) in [7, 11) is 0. The summed E-state index contributed by atoms with van der Waals surface area (Å²) in [5.74, 6) is 1.10. The normalized spacial score (nSPS) is 21.3. The van der Waals surface area contributed by atoms with Gasteiger partial charge in [-0.25, -0.2) is 0 Å². The van der Waals surface area contributed by atoms with Gasteiger partial charge in [0.2, 0.25) is 0 Å². The van der Waals surface area contributed by atoms with E-state index in [1.54, 1.807) is 0 Å². The minimum absolute atomic E-state index is 0.00652. The second-order valence-electron chi connectivity index (χ2n) is 8.23. The maximum atomic E-state index is 5.20. The van der Waals surface area contributed by atoms with Crippen molar-refractivity contribution in [2.24, 2.45) is 10.5 Å². The molecule has 0 spiro atoms. The lowest BCUT2D eigenvalue weighted by atomic mass is 9.66. The summed E-state index contributed by atoms with van der Waals surface area (Å²) in [5.41, 5.74) is 7.68. The number of para-hydroxylation sites is 1. The van der Waals surface area contributed by atoms with Gasteiger partial charge in [-0.3, -0.25) is 9.91 Å². The van der Waals surface area contributed by atoms with Crippen LogP contribution in [0.1, 0.15) is 51.7 Å². The largest absolute Gasteiger partial charge is 0.300 e. The van der Waals surface area contributed by atoms with Gasteiger partial charge in [0, 0.05) is 28.1 Å². The van der Waals surface area contributed by atoms with Crippen LogP contribution in [0, 0.1) is 5.41 Å². The summed E-state index contributed by atoms with van der Waals surface area (Å²) in [4.78, 5) is 2.52. The van der Waals surface area contributed by atoms with Crippen molar-refractivity contribution in [2.75, 3.05) is 4.90 Å². The first kappa shape index (κ1) is 16.6. The molecule has 0 saturated heterocycles. The second kappa shape index (κ2) is 5.48. The third-order valence-corrected chi connectivity index (χ3v) is 6.88. The Hall–Kier alpha value is -2.55. The molecule has 0 bridgehead atoms. The van der Waals surface area contributed by atoms with Gasteiger partial charge >= 0.3 is 0 Å². The highest BCUT2D eigenvalue weighted by molar-refractivity contribution is 6.22. The molecule has 2 aromatic carbocycles. The van der Waals surface area contributed by atoms with E-state index in [0.717, 1.165) is 18.7 Å². The highest BCUT2D eigenvalue weighted by Gasteiger charge is 2.56. The highest BCUT2D eigenvalue weighted by Crippen LogP contribution is 2.59. The Morgan fingerprint density at radius 1 is 0.963 bits per heavy atom. The molecule has 1 unspecified atom stereocenters. The van der Waals surface area contributed by atoms with Gasteiger partial charge in [0.05, 0.1) is 5.69 Å². The van der Waals surface area contributed by atoms with E-state index in [-0.39, 0.29) is 11.6 Å². The van der Waals surface area contributed by atoms with Gasteiger partial charge in [-0.15, -0.1) is 0 Å². The summed E-state index contributed by atoms with van der Waals surface area (Å²) >= 11 is 0. The van der Waals surface area contributed by atoms with Gasteiger partial charge in [-0.1, -0.05) is 62.9 Å². The monoisotopic (exact) mass is 357 g/mol. The van der Waals surface area contributed by atoms with Crippen LogP contribution in [0.2, 0.25) is 0 Å². The fourth-order valence-corrected chi connectivity index (χ4v) is 5.40. The van der Waals surface area contributed by atoms with E-state index in [9.17, 15) is 0 Å². The predicted octanol–water partition coefficient (Wildman–Crippen LogP) is 5.72. The van der Waals surface area contributed by atoms with Crippen molar-refractivity contribution in [1.82, 2.24) is 5.01 Å². The molecule has 3 heteroatoms. The van der Waals surface area contributed by atoms with E-state index in [4.69, 9.17) is 5.10 Å². The van der Waals surface area contributed by atoms with E-state index >= 15 is 0 Å². The lowest BCUT2D eigenvalue weighted by Gasteiger charge is -2.53. The number of hydrogen-bond acceptors (Lipinski definition) is 3. The zero-order valence-corrected chi connectivity index (χ0v) is 16.7. The van der Waals surface area contributed by atoms with Crippen LogP contribution in [0.4, 0.5) is 5.69 Å². The maximum absolute atomic E-state index is 5.20. The molecular weight excluding hydrogens is 330 g/mol. The Balaban J connectivity index is 1.90.